The van der Waals surface area contributed by atoms with Gasteiger partial charge in [0.05, 0.1) is 6.04 Å². The van der Waals surface area contributed by atoms with Crippen LogP contribution in [0, 0.1) is 0 Å². The van der Waals surface area contributed by atoms with Crippen molar-refractivity contribution in [1.29, 1.82) is 0 Å². The van der Waals surface area contributed by atoms with Crippen LogP contribution in [-0.4, -0.2) is 33.7 Å². The molecule has 3 rings (SSSR count). The molecular formula is C15H17ClN4O. The molecular weight excluding hydrogens is 288 g/mol. The first-order valence-electron chi connectivity index (χ1n) is 6.99. The van der Waals surface area contributed by atoms with Crippen LogP contribution in [-0.2, 0) is 0 Å². The zero-order valence-corrected chi connectivity index (χ0v) is 12.3. The van der Waals surface area contributed by atoms with Crippen molar-refractivity contribution >= 4 is 23.3 Å². The number of benzene rings is 1. The number of halogens is 1. The molecule has 2 N–H and O–H groups in total. The summed E-state index contributed by atoms with van der Waals surface area (Å²) in [5.74, 6) is 0.597. The minimum Gasteiger partial charge on any atom is -0.382 e. The fraction of sp³-hybridized carbons (Fsp3) is 0.333. The highest BCUT2D eigenvalue weighted by molar-refractivity contribution is 6.30. The van der Waals surface area contributed by atoms with Gasteiger partial charge in [-0.3, -0.25) is 9.48 Å². The topological polar surface area (TPSA) is 64.2 Å². The van der Waals surface area contributed by atoms with E-state index in [1.165, 1.54) is 0 Å². The average molecular weight is 305 g/mol. The Balaban J connectivity index is 1.63. The quantitative estimate of drug-likeness (QED) is 0.927. The molecule has 1 amide bonds. The van der Waals surface area contributed by atoms with Crippen LogP contribution in [0.5, 0.6) is 0 Å². The van der Waals surface area contributed by atoms with Gasteiger partial charge in [0.2, 0.25) is 0 Å². The number of carbonyl (C=O) groups excluding carboxylic acids is 1. The van der Waals surface area contributed by atoms with E-state index in [-0.39, 0.29) is 5.91 Å². The summed E-state index contributed by atoms with van der Waals surface area (Å²) in [6.07, 6.45) is 3.68. The van der Waals surface area contributed by atoms with Crippen LogP contribution >= 0.6 is 11.6 Å². The van der Waals surface area contributed by atoms with Crippen LogP contribution in [0.15, 0.2) is 36.5 Å². The number of likely N-dealkylation sites (tertiary alicyclic amines) is 1. The van der Waals surface area contributed by atoms with Crippen LogP contribution in [0.2, 0.25) is 5.02 Å². The Hall–Kier alpha value is -2.01. The molecule has 0 unspecified atom stereocenters. The summed E-state index contributed by atoms with van der Waals surface area (Å²) in [6.45, 7) is 1.46. The molecule has 6 heteroatoms. The van der Waals surface area contributed by atoms with Crippen molar-refractivity contribution in [3.63, 3.8) is 0 Å². The highest BCUT2D eigenvalue weighted by Crippen LogP contribution is 2.23. The molecule has 1 aromatic heterocycles. The number of hydrogen-bond acceptors (Lipinski definition) is 3. The van der Waals surface area contributed by atoms with Gasteiger partial charge in [0.25, 0.3) is 5.91 Å². The number of nitrogen functional groups attached to an aromatic ring is 1. The number of nitrogens with zero attached hydrogens (tertiary/aromatic N) is 3. The fourth-order valence-electron chi connectivity index (χ4n) is 2.66. The molecule has 0 radical (unpaired) electrons. The number of carbonyl (C=O) groups is 1. The molecule has 110 valence electrons. The lowest BCUT2D eigenvalue weighted by atomic mass is 10.0. The SMILES string of the molecule is Nc1ccn(C2CCN(C(=O)c3ccc(Cl)cc3)CC2)n1. The van der Waals surface area contributed by atoms with E-state index in [2.05, 4.69) is 5.10 Å². The van der Waals surface area contributed by atoms with E-state index in [9.17, 15) is 4.79 Å². The molecule has 0 saturated carbocycles. The van der Waals surface area contributed by atoms with Gasteiger partial charge in [-0.15, -0.1) is 0 Å². The number of anilines is 1. The molecule has 0 atom stereocenters. The van der Waals surface area contributed by atoms with Crippen LogP contribution in [0.4, 0.5) is 5.82 Å². The molecule has 1 aromatic carbocycles. The Morgan fingerprint density at radius 1 is 1.19 bits per heavy atom. The van der Waals surface area contributed by atoms with Crippen molar-refractivity contribution in [3.05, 3.63) is 47.1 Å². The molecule has 0 bridgehead atoms. The maximum Gasteiger partial charge on any atom is 0.253 e. The smallest absolute Gasteiger partial charge is 0.253 e. The molecule has 2 heterocycles. The van der Waals surface area contributed by atoms with E-state index in [0.29, 0.717) is 22.4 Å². The summed E-state index contributed by atoms with van der Waals surface area (Å²) >= 11 is 5.85. The second kappa shape index (κ2) is 5.77. The van der Waals surface area contributed by atoms with Crippen LogP contribution in [0.1, 0.15) is 29.2 Å². The summed E-state index contributed by atoms with van der Waals surface area (Å²) < 4.78 is 1.90. The summed E-state index contributed by atoms with van der Waals surface area (Å²) in [5, 5.41) is 4.89. The first-order chi connectivity index (χ1) is 10.1. The molecule has 1 fully saturated rings. The van der Waals surface area contributed by atoms with Gasteiger partial charge in [-0.2, -0.15) is 5.10 Å². The third-order valence-corrected chi connectivity index (χ3v) is 4.10. The first-order valence-corrected chi connectivity index (χ1v) is 7.37. The predicted molar refractivity (Wildman–Crippen MR) is 82.3 cm³/mol. The first kappa shape index (κ1) is 13.9. The molecule has 0 spiro atoms. The van der Waals surface area contributed by atoms with E-state index < -0.39 is 0 Å². The number of hydrogen-bond donors (Lipinski definition) is 1. The molecule has 5 nitrogen and oxygen atoms in total. The number of rotatable bonds is 2. The Morgan fingerprint density at radius 2 is 1.86 bits per heavy atom. The Bertz CT molecular complexity index is 629. The van der Waals surface area contributed by atoms with Gasteiger partial charge in [-0.05, 0) is 43.2 Å². The standard InChI is InChI=1S/C15H17ClN4O/c16-12-3-1-11(2-4-12)15(21)19-8-5-13(6-9-19)20-10-7-14(17)18-20/h1-4,7,10,13H,5-6,8-9H2,(H2,17,18). The third-order valence-electron chi connectivity index (χ3n) is 3.85. The zero-order valence-electron chi connectivity index (χ0n) is 11.6. The van der Waals surface area contributed by atoms with Crippen molar-refractivity contribution < 1.29 is 4.79 Å². The monoisotopic (exact) mass is 304 g/mol. The average Bonchev–Trinajstić information content (AvgIpc) is 2.94. The van der Waals surface area contributed by atoms with Gasteiger partial charge in [-0.1, -0.05) is 11.6 Å². The number of amides is 1. The van der Waals surface area contributed by atoms with E-state index in [4.69, 9.17) is 17.3 Å². The van der Waals surface area contributed by atoms with Gasteiger partial charge in [0, 0.05) is 29.9 Å². The van der Waals surface area contributed by atoms with Gasteiger partial charge < -0.3 is 10.6 Å². The minimum atomic E-state index is 0.0603. The lowest BCUT2D eigenvalue weighted by Crippen LogP contribution is -2.39. The van der Waals surface area contributed by atoms with Crippen molar-refractivity contribution in [3.8, 4) is 0 Å². The number of piperidine rings is 1. The van der Waals surface area contributed by atoms with E-state index in [1.54, 1.807) is 30.3 Å². The Kier molecular flexibility index (Phi) is 3.84. The normalized spacial score (nSPS) is 16.1. The number of nitrogens with two attached hydrogens (primary N) is 1. The molecule has 0 aliphatic carbocycles. The second-order valence-electron chi connectivity index (χ2n) is 5.25. The highest BCUT2D eigenvalue weighted by atomic mass is 35.5. The molecule has 1 aliphatic rings. The highest BCUT2D eigenvalue weighted by Gasteiger charge is 2.24. The maximum atomic E-state index is 12.4. The molecule has 2 aromatic rings. The van der Waals surface area contributed by atoms with E-state index in [0.717, 1.165) is 25.9 Å². The third kappa shape index (κ3) is 3.03. The summed E-state index contributed by atoms with van der Waals surface area (Å²) in [6, 6.07) is 9.14. The Labute approximate surface area is 128 Å². The number of aromatic nitrogens is 2. The summed E-state index contributed by atoms with van der Waals surface area (Å²) in [4.78, 5) is 14.3. The van der Waals surface area contributed by atoms with Gasteiger partial charge in [0.1, 0.15) is 5.82 Å². The summed E-state index contributed by atoms with van der Waals surface area (Å²) in [5.41, 5.74) is 6.32. The van der Waals surface area contributed by atoms with Crippen molar-refractivity contribution in [2.24, 2.45) is 0 Å². The fourth-order valence-corrected chi connectivity index (χ4v) is 2.79. The van der Waals surface area contributed by atoms with Crippen LogP contribution in [0.25, 0.3) is 0 Å². The predicted octanol–water partition coefficient (Wildman–Crippen LogP) is 2.60. The minimum absolute atomic E-state index is 0.0603. The van der Waals surface area contributed by atoms with Crippen molar-refractivity contribution in [2.75, 3.05) is 18.8 Å². The maximum absolute atomic E-state index is 12.4. The molecule has 1 aliphatic heterocycles. The Morgan fingerprint density at radius 3 is 2.43 bits per heavy atom. The summed E-state index contributed by atoms with van der Waals surface area (Å²) in [7, 11) is 0. The van der Waals surface area contributed by atoms with Crippen molar-refractivity contribution in [2.45, 2.75) is 18.9 Å². The van der Waals surface area contributed by atoms with Crippen LogP contribution in [0.3, 0.4) is 0 Å². The van der Waals surface area contributed by atoms with Gasteiger partial charge in [-0.25, -0.2) is 0 Å². The largest absolute Gasteiger partial charge is 0.382 e. The van der Waals surface area contributed by atoms with Gasteiger partial charge in [0.15, 0.2) is 0 Å². The molecule has 1 saturated heterocycles. The van der Waals surface area contributed by atoms with Crippen LogP contribution < -0.4 is 5.73 Å². The van der Waals surface area contributed by atoms with E-state index in [1.807, 2.05) is 15.8 Å². The van der Waals surface area contributed by atoms with Gasteiger partial charge >= 0.3 is 0 Å². The van der Waals surface area contributed by atoms with E-state index >= 15 is 0 Å². The zero-order chi connectivity index (χ0) is 14.8. The second-order valence-corrected chi connectivity index (χ2v) is 5.69. The lowest BCUT2D eigenvalue weighted by Gasteiger charge is -2.32. The molecule has 21 heavy (non-hydrogen) atoms. The lowest BCUT2D eigenvalue weighted by molar-refractivity contribution is 0.0690. The van der Waals surface area contributed by atoms with Crippen molar-refractivity contribution in [1.82, 2.24) is 14.7 Å².